The van der Waals surface area contributed by atoms with Gasteiger partial charge in [-0.3, -0.25) is 4.79 Å². The number of benzene rings is 2. The summed E-state index contributed by atoms with van der Waals surface area (Å²) in [6.45, 7) is 0. The molecule has 0 spiro atoms. The third-order valence-electron chi connectivity index (χ3n) is 2.68. The topological polar surface area (TPSA) is 55.1 Å². The minimum atomic E-state index is -0.595. The molecule has 0 radical (unpaired) electrons. The summed E-state index contributed by atoms with van der Waals surface area (Å²) in [5.74, 6) is -1.07. The molecule has 7 heteroatoms. The summed E-state index contributed by atoms with van der Waals surface area (Å²) in [4.78, 5) is 12.1. The number of nitrogens with two attached hydrogens (primary N) is 1. The van der Waals surface area contributed by atoms with Crippen LogP contribution in [0.4, 0.5) is 10.1 Å². The summed E-state index contributed by atoms with van der Waals surface area (Å²) in [5, 5.41) is 2.84. The van der Waals surface area contributed by atoms with E-state index >= 15 is 0 Å². The molecule has 0 saturated carbocycles. The Bertz CT molecular complexity index is 739. The van der Waals surface area contributed by atoms with Gasteiger partial charge in [0.15, 0.2) is 0 Å². The van der Waals surface area contributed by atoms with Crippen molar-refractivity contribution in [2.24, 2.45) is 5.73 Å². The number of carbonyl (C=O) groups excluding carboxylic acids is 1. The average Bonchev–Trinajstić information content (AvgIpc) is 2.37. The molecule has 1 amide bonds. The van der Waals surface area contributed by atoms with Gasteiger partial charge in [-0.15, -0.1) is 0 Å². The lowest BCUT2D eigenvalue weighted by Crippen LogP contribution is -2.19. The summed E-state index contributed by atoms with van der Waals surface area (Å²) in [5.41, 5.74) is 5.94. The number of hydrogen-bond donors (Lipinski definition) is 2. The lowest BCUT2D eigenvalue weighted by molar-refractivity contribution is 0.102. The number of halogens is 3. The number of rotatable bonds is 3. The van der Waals surface area contributed by atoms with Gasteiger partial charge in [-0.1, -0.05) is 45.8 Å². The van der Waals surface area contributed by atoms with Crippen LogP contribution in [0.2, 0.25) is 5.02 Å². The molecule has 0 heterocycles. The molecule has 2 rings (SSSR count). The van der Waals surface area contributed by atoms with E-state index in [4.69, 9.17) is 29.6 Å². The maximum absolute atomic E-state index is 13.7. The van der Waals surface area contributed by atoms with E-state index in [9.17, 15) is 9.18 Å². The lowest BCUT2D eigenvalue weighted by atomic mass is 10.1. The lowest BCUT2D eigenvalue weighted by Gasteiger charge is -2.11. The van der Waals surface area contributed by atoms with E-state index in [1.165, 1.54) is 18.2 Å². The van der Waals surface area contributed by atoms with Crippen LogP contribution in [0, 0.1) is 5.82 Å². The van der Waals surface area contributed by atoms with E-state index in [0.717, 1.165) is 4.47 Å². The Morgan fingerprint density at radius 3 is 2.67 bits per heavy atom. The highest BCUT2D eigenvalue weighted by molar-refractivity contribution is 9.10. The second-order valence-corrected chi connectivity index (χ2v) is 5.87. The Morgan fingerprint density at radius 2 is 2.05 bits per heavy atom. The SMILES string of the molecule is NC(=S)c1c(F)cccc1NC(=O)c1ccc(Br)cc1Cl. The Labute approximate surface area is 139 Å². The van der Waals surface area contributed by atoms with Gasteiger partial charge in [-0.2, -0.15) is 0 Å². The van der Waals surface area contributed by atoms with Gasteiger partial charge in [0.1, 0.15) is 10.8 Å². The zero-order chi connectivity index (χ0) is 15.6. The Kier molecular flexibility index (Phi) is 4.92. The van der Waals surface area contributed by atoms with Crippen LogP contribution in [-0.2, 0) is 0 Å². The molecule has 0 aliphatic heterocycles. The Balaban J connectivity index is 2.36. The summed E-state index contributed by atoms with van der Waals surface area (Å²) in [7, 11) is 0. The van der Waals surface area contributed by atoms with Gasteiger partial charge in [0.2, 0.25) is 0 Å². The maximum Gasteiger partial charge on any atom is 0.257 e. The Morgan fingerprint density at radius 1 is 1.33 bits per heavy atom. The molecule has 0 aliphatic rings. The summed E-state index contributed by atoms with van der Waals surface area (Å²) in [6.07, 6.45) is 0. The number of nitrogens with one attached hydrogen (secondary N) is 1. The molecule has 3 N–H and O–H groups in total. The zero-order valence-electron chi connectivity index (χ0n) is 10.5. The van der Waals surface area contributed by atoms with Crippen LogP contribution < -0.4 is 11.1 Å². The molecule has 108 valence electrons. The first-order chi connectivity index (χ1) is 9.90. The van der Waals surface area contributed by atoms with Crippen molar-refractivity contribution in [1.82, 2.24) is 0 Å². The first-order valence-corrected chi connectivity index (χ1v) is 7.33. The van der Waals surface area contributed by atoms with Gasteiger partial charge in [0.05, 0.1) is 21.8 Å². The minimum absolute atomic E-state index is 0.00548. The molecule has 0 fully saturated rings. The van der Waals surface area contributed by atoms with E-state index < -0.39 is 11.7 Å². The molecule has 2 aromatic carbocycles. The fraction of sp³-hybridized carbons (Fsp3) is 0. The predicted molar refractivity (Wildman–Crippen MR) is 89.4 cm³/mol. The van der Waals surface area contributed by atoms with Gasteiger partial charge < -0.3 is 11.1 Å². The average molecular weight is 388 g/mol. The highest BCUT2D eigenvalue weighted by Crippen LogP contribution is 2.24. The molecule has 2 aromatic rings. The van der Waals surface area contributed by atoms with Crippen LogP contribution in [0.5, 0.6) is 0 Å². The molecular weight excluding hydrogens is 379 g/mol. The smallest absolute Gasteiger partial charge is 0.257 e. The fourth-order valence-corrected chi connectivity index (χ4v) is 2.71. The van der Waals surface area contributed by atoms with Crippen LogP contribution in [0.1, 0.15) is 15.9 Å². The highest BCUT2D eigenvalue weighted by atomic mass is 79.9. The van der Waals surface area contributed by atoms with Crippen LogP contribution in [0.15, 0.2) is 40.9 Å². The maximum atomic E-state index is 13.7. The van der Waals surface area contributed by atoms with Crippen molar-refractivity contribution in [3.63, 3.8) is 0 Å². The van der Waals surface area contributed by atoms with Crippen molar-refractivity contribution < 1.29 is 9.18 Å². The number of hydrogen-bond acceptors (Lipinski definition) is 2. The van der Waals surface area contributed by atoms with Gasteiger partial charge in [-0.05, 0) is 30.3 Å². The fourth-order valence-electron chi connectivity index (χ4n) is 1.74. The molecular formula is C14H9BrClFN2OS. The monoisotopic (exact) mass is 386 g/mol. The number of anilines is 1. The van der Waals surface area contributed by atoms with Crippen molar-refractivity contribution >= 4 is 56.3 Å². The van der Waals surface area contributed by atoms with Gasteiger partial charge in [0.25, 0.3) is 5.91 Å². The largest absolute Gasteiger partial charge is 0.389 e. The molecule has 0 atom stereocenters. The molecule has 0 unspecified atom stereocenters. The zero-order valence-corrected chi connectivity index (χ0v) is 13.7. The third-order valence-corrected chi connectivity index (χ3v) is 3.69. The Hall–Kier alpha value is -1.50. The second-order valence-electron chi connectivity index (χ2n) is 4.10. The van der Waals surface area contributed by atoms with Gasteiger partial charge in [0, 0.05) is 4.47 Å². The number of amides is 1. The van der Waals surface area contributed by atoms with Crippen LogP contribution in [0.3, 0.4) is 0 Å². The second kappa shape index (κ2) is 6.51. The minimum Gasteiger partial charge on any atom is -0.389 e. The van der Waals surface area contributed by atoms with Gasteiger partial charge in [-0.25, -0.2) is 4.39 Å². The van der Waals surface area contributed by atoms with E-state index in [1.807, 2.05) is 0 Å². The predicted octanol–water partition coefficient (Wildman–Crippen LogP) is 4.13. The quantitative estimate of drug-likeness (QED) is 0.779. The van der Waals surface area contributed by atoms with Gasteiger partial charge >= 0.3 is 0 Å². The summed E-state index contributed by atoms with van der Waals surface area (Å²) < 4.78 is 14.5. The van der Waals surface area contributed by atoms with E-state index in [0.29, 0.717) is 0 Å². The van der Waals surface area contributed by atoms with Crippen LogP contribution >= 0.6 is 39.7 Å². The van der Waals surface area contributed by atoms with Crippen molar-refractivity contribution in [2.75, 3.05) is 5.32 Å². The van der Waals surface area contributed by atoms with Crippen LogP contribution in [-0.4, -0.2) is 10.9 Å². The molecule has 0 saturated heterocycles. The van der Waals surface area contributed by atoms with Crippen molar-refractivity contribution in [1.29, 1.82) is 0 Å². The van der Waals surface area contributed by atoms with Crippen LogP contribution in [0.25, 0.3) is 0 Å². The third kappa shape index (κ3) is 3.58. The molecule has 3 nitrogen and oxygen atoms in total. The standard InChI is InChI=1S/C14H9BrClFN2OS/c15-7-4-5-8(9(16)6-7)14(20)19-11-3-1-2-10(17)12(11)13(18)21/h1-6H,(H2,18,21)(H,19,20). The normalized spacial score (nSPS) is 10.2. The van der Waals surface area contributed by atoms with E-state index in [-0.39, 0.29) is 26.8 Å². The molecule has 0 aromatic heterocycles. The highest BCUT2D eigenvalue weighted by Gasteiger charge is 2.16. The van der Waals surface area contributed by atoms with E-state index in [1.54, 1.807) is 18.2 Å². The summed E-state index contributed by atoms with van der Waals surface area (Å²) in [6, 6.07) is 9.02. The first-order valence-electron chi connectivity index (χ1n) is 5.75. The number of thiocarbonyl (C=S) groups is 1. The van der Waals surface area contributed by atoms with Crippen molar-refractivity contribution in [3.05, 3.63) is 62.8 Å². The van der Waals surface area contributed by atoms with E-state index in [2.05, 4.69) is 21.2 Å². The van der Waals surface area contributed by atoms with Crippen molar-refractivity contribution in [2.45, 2.75) is 0 Å². The molecule has 0 aliphatic carbocycles. The van der Waals surface area contributed by atoms with Crippen molar-refractivity contribution in [3.8, 4) is 0 Å². The number of carbonyl (C=O) groups is 1. The molecule has 21 heavy (non-hydrogen) atoms. The molecule has 0 bridgehead atoms. The first kappa shape index (κ1) is 15.9. The summed E-state index contributed by atoms with van der Waals surface area (Å²) >= 11 is 14.1.